The third-order valence-corrected chi connectivity index (χ3v) is 13.1. The Hall–Kier alpha value is -8.19. The predicted octanol–water partition coefficient (Wildman–Crippen LogP) is 15.6. The third kappa shape index (κ3) is 5.80. The molecule has 4 heterocycles. The lowest BCUT2D eigenvalue weighted by Gasteiger charge is -2.13. The zero-order valence-corrected chi connectivity index (χ0v) is 34.2. The van der Waals surface area contributed by atoms with Gasteiger partial charge in [-0.25, -0.2) is 15.0 Å². The van der Waals surface area contributed by atoms with Crippen LogP contribution in [0.2, 0.25) is 0 Å². The normalized spacial score (nSPS) is 12.9. The highest BCUT2D eigenvalue weighted by molar-refractivity contribution is 7.26. The second kappa shape index (κ2) is 14.2. The van der Waals surface area contributed by atoms with Crippen LogP contribution >= 0.6 is 11.3 Å². The quantitative estimate of drug-likeness (QED) is 0.168. The number of aromatic nitrogens is 4. The van der Waals surface area contributed by atoms with E-state index in [0.29, 0.717) is 45.2 Å². The summed E-state index contributed by atoms with van der Waals surface area (Å²) in [5.74, 6) is 1.40. The predicted molar refractivity (Wildman–Crippen MR) is 262 cm³/mol. The van der Waals surface area contributed by atoms with Gasteiger partial charge in [0.15, 0.2) is 17.5 Å². The minimum absolute atomic E-state index is 0.117. The first-order valence-corrected chi connectivity index (χ1v) is 21.5. The van der Waals surface area contributed by atoms with Gasteiger partial charge in [-0.2, -0.15) is 0 Å². The van der Waals surface area contributed by atoms with Gasteiger partial charge in [0.2, 0.25) is 0 Å². The highest BCUT2D eigenvalue weighted by atomic mass is 32.1. The molecule has 63 heavy (non-hydrogen) atoms. The number of hydrogen-bond acceptors (Lipinski definition) is 5. The number of thiophene rings is 1. The minimum Gasteiger partial charge on any atom is -0.455 e. The zero-order chi connectivity index (χ0) is 45.8. The van der Waals surface area contributed by atoms with Gasteiger partial charge in [-0.1, -0.05) is 158 Å². The maximum atomic E-state index is 8.82. The Balaban J connectivity index is 1.08. The molecule has 6 heteroatoms. The summed E-state index contributed by atoms with van der Waals surface area (Å²) in [6, 6.07) is 57.7. The lowest BCUT2D eigenvalue weighted by Crippen LogP contribution is -2.01. The van der Waals surface area contributed by atoms with Crippen LogP contribution in [0.1, 0.15) is 6.85 Å². The summed E-state index contributed by atoms with van der Waals surface area (Å²) in [6.45, 7) is 0. The lowest BCUT2D eigenvalue weighted by atomic mass is 10.0. The highest BCUT2D eigenvalue weighted by Crippen LogP contribution is 2.43. The molecule has 0 saturated carbocycles. The fraction of sp³-hybridized carbons (Fsp3) is 0. The van der Waals surface area contributed by atoms with E-state index >= 15 is 0 Å². The second-order valence-electron chi connectivity index (χ2n) is 15.6. The van der Waals surface area contributed by atoms with E-state index in [1.807, 2.05) is 66.7 Å². The summed E-state index contributed by atoms with van der Waals surface area (Å²) in [5.41, 5.74) is 9.00. The van der Waals surface area contributed by atoms with Gasteiger partial charge < -0.3 is 8.98 Å². The van der Waals surface area contributed by atoms with E-state index in [0.717, 1.165) is 55.1 Å². The molecule has 9 aromatic carbocycles. The van der Waals surface area contributed by atoms with Crippen molar-refractivity contribution in [1.29, 1.82) is 0 Å². The van der Waals surface area contributed by atoms with Crippen molar-refractivity contribution in [3.63, 3.8) is 0 Å². The summed E-state index contributed by atoms with van der Waals surface area (Å²) in [4.78, 5) is 15.7. The monoisotopic (exact) mass is 827 g/mol. The van der Waals surface area contributed by atoms with Crippen LogP contribution in [0.5, 0.6) is 0 Å². The van der Waals surface area contributed by atoms with Crippen molar-refractivity contribution in [2.45, 2.75) is 0 Å². The van der Waals surface area contributed by atoms with Crippen LogP contribution in [0.3, 0.4) is 0 Å². The van der Waals surface area contributed by atoms with E-state index in [1.54, 1.807) is 23.5 Å². The summed E-state index contributed by atoms with van der Waals surface area (Å²) < 4.78 is 54.3. The molecule has 0 bridgehead atoms. The molecule has 0 atom stereocenters. The Labute approximate surface area is 372 Å². The van der Waals surface area contributed by atoms with Crippen molar-refractivity contribution in [1.82, 2.24) is 19.5 Å². The van der Waals surface area contributed by atoms with Gasteiger partial charge in [0.05, 0.1) is 23.5 Å². The number of hydrogen-bond donors (Lipinski definition) is 0. The van der Waals surface area contributed by atoms with Gasteiger partial charge >= 0.3 is 0 Å². The molecule has 4 aromatic heterocycles. The van der Waals surface area contributed by atoms with Crippen molar-refractivity contribution in [3.8, 4) is 62.1 Å². The second-order valence-corrected chi connectivity index (χ2v) is 16.6. The Bertz CT molecular complexity index is 4150. The molecule has 0 aliphatic rings. The molecule has 0 spiro atoms. The Kier molecular flexibility index (Phi) is 6.94. The van der Waals surface area contributed by atoms with Crippen LogP contribution in [0.25, 0.3) is 126 Å². The van der Waals surface area contributed by atoms with Crippen LogP contribution in [-0.2, 0) is 0 Å². The van der Waals surface area contributed by atoms with Crippen LogP contribution in [0, 0.1) is 0 Å². The van der Waals surface area contributed by atoms with Gasteiger partial charge in [0, 0.05) is 58.5 Å². The van der Waals surface area contributed by atoms with Gasteiger partial charge in [0.25, 0.3) is 0 Å². The van der Waals surface area contributed by atoms with Crippen molar-refractivity contribution in [2.75, 3.05) is 0 Å². The first-order chi connectivity index (χ1) is 33.3. The number of fused-ring (bicyclic) bond motifs is 9. The van der Waals surface area contributed by atoms with E-state index in [2.05, 4.69) is 102 Å². The Morgan fingerprint density at radius 2 is 1.08 bits per heavy atom. The SMILES string of the molecule is [2H]c1c([2H])c([2H])c(-c2ccc3oc4c(-c5nc(-c6ccccc6)nc(-c6cccc(-c7cccc8c7sc7ccccc78)c6)n5)cc(-n5c6ccccc6c6ccccc65)cc4c3c2)c([2H])c1[2H]. The number of nitrogens with zero attached hydrogens (tertiary/aromatic N) is 4. The number of para-hydroxylation sites is 2. The number of rotatable bonds is 6. The molecular weight excluding hydrogens is 789 g/mol. The minimum atomic E-state index is -0.439. The van der Waals surface area contributed by atoms with Crippen molar-refractivity contribution in [2.24, 2.45) is 0 Å². The summed E-state index contributed by atoms with van der Waals surface area (Å²) in [6.07, 6.45) is 0. The van der Waals surface area contributed by atoms with Gasteiger partial charge in [-0.3, -0.25) is 0 Å². The average molecular weight is 828 g/mol. The van der Waals surface area contributed by atoms with Crippen molar-refractivity contribution in [3.05, 3.63) is 206 Å². The molecule has 0 N–H and O–H groups in total. The maximum Gasteiger partial charge on any atom is 0.167 e. The van der Waals surface area contributed by atoms with E-state index in [1.165, 1.54) is 20.2 Å². The zero-order valence-electron chi connectivity index (χ0n) is 38.3. The molecule has 294 valence electrons. The molecule has 13 rings (SSSR count). The first-order valence-electron chi connectivity index (χ1n) is 23.2. The third-order valence-electron chi connectivity index (χ3n) is 11.9. The standard InChI is InChI=1S/C57H34N4OS/c1-3-15-35(16-4-1)37-29-30-51-46(32-37)47-33-40(61-49-26-10-7-21-42(49)43-22-8-11-27-50(43)61)34-48(53(47)62-51)57-59-55(36-17-5-2-6-18-36)58-56(60-57)39-20-13-19-38(31-39)41-24-14-25-45-44-23-9-12-28-52(44)63-54(41)45/h1-34H/i1D,3D,4D,15D,16D. The van der Waals surface area contributed by atoms with Crippen molar-refractivity contribution < 1.29 is 11.3 Å². The van der Waals surface area contributed by atoms with E-state index < -0.39 is 18.1 Å². The Morgan fingerprint density at radius 3 is 1.89 bits per heavy atom. The average Bonchev–Trinajstić information content (AvgIpc) is 4.07. The van der Waals surface area contributed by atoms with Crippen LogP contribution in [0.15, 0.2) is 211 Å². The molecule has 0 unspecified atom stereocenters. The summed E-state index contributed by atoms with van der Waals surface area (Å²) >= 11 is 1.79. The molecule has 5 nitrogen and oxygen atoms in total. The molecule has 0 aliphatic carbocycles. The number of benzene rings is 9. The van der Waals surface area contributed by atoms with Gasteiger partial charge in [-0.05, 0) is 70.8 Å². The Morgan fingerprint density at radius 1 is 0.429 bits per heavy atom. The molecular formula is C57H34N4OS. The van der Waals surface area contributed by atoms with E-state index in [9.17, 15) is 0 Å². The fourth-order valence-corrected chi connectivity index (χ4v) is 10.3. The molecule has 0 radical (unpaired) electrons. The molecule has 0 saturated heterocycles. The van der Waals surface area contributed by atoms with Crippen LogP contribution < -0.4 is 0 Å². The smallest absolute Gasteiger partial charge is 0.167 e. The molecule has 0 amide bonds. The van der Waals surface area contributed by atoms with Crippen molar-refractivity contribution >= 4 is 75.3 Å². The van der Waals surface area contributed by atoms with Gasteiger partial charge in [-0.15, -0.1) is 11.3 Å². The molecule has 13 aromatic rings. The van der Waals surface area contributed by atoms with Gasteiger partial charge in [0.1, 0.15) is 11.2 Å². The molecule has 0 fully saturated rings. The van der Waals surface area contributed by atoms with Crippen LogP contribution in [0.4, 0.5) is 0 Å². The fourth-order valence-electron chi connectivity index (χ4n) is 9.05. The van der Waals surface area contributed by atoms with E-state index in [-0.39, 0.29) is 17.6 Å². The maximum absolute atomic E-state index is 8.82. The number of furan rings is 1. The molecule has 0 aliphatic heterocycles. The highest BCUT2D eigenvalue weighted by Gasteiger charge is 2.22. The lowest BCUT2D eigenvalue weighted by molar-refractivity contribution is 0.669. The topological polar surface area (TPSA) is 56.7 Å². The summed E-state index contributed by atoms with van der Waals surface area (Å²) in [7, 11) is 0. The summed E-state index contributed by atoms with van der Waals surface area (Å²) in [5, 5.41) is 6.11. The van der Waals surface area contributed by atoms with E-state index in [4.69, 9.17) is 26.2 Å². The largest absolute Gasteiger partial charge is 0.455 e. The first kappa shape index (κ1) is 30.8. The van der Waals surface area contributed by atoms with Crippen LogP contribution in [-0.4, -0.2) is 19.5 Å².